The molecule has 2 atom stereocenters. The van der Waals surface area contributed by atoms with Crippen molar-refractivity contribution in [2.24, 2.45) is 11.8 Å². The molecular formula is C12H17N3. The highest BCUT2D eigenvalue weighted by Crippen LogP contribution is 2.29. The Morgan fingerprint density at radius 3 is 2.60 bits per heavy atom. The van der Waals surface area contributed by atoms with Crippen LogP contribution in [0, 0.1) is 18.8 Å². The highest BCUT2D eigenvalue weighted by atomic mass is 15.2. The number of pyridine rings is 1. The van der Waals surface area contributed by atoms with Gasteiger partial charge in [0, 0.05) is 32.4 Å². The Labute approximate surface area is 90.5 Å². The monoisotopic (exact) mass is 203 g/mol. The average molecular weight is 203 g/mol. The first-order chi connectivity index (χ1) is 7.33. The van der Waals surface area contributed by atoms with Crippen LogP contribution in [0.1, 0.15) is 5.56 Å². The third kappa shape index (κ3) is 1.61. The molecule has 3 heterocycles. The second kappa shape index (κ2) is 3.49. The molecule has 2 aliphatic heterocycles. The number of nitrogens with zero attached hydrogens (tertiary/aromatic N) is 2. The topological polar surface area (TPSA) is 28.2 Å². The van der Waals surface area contributed by atoms with E-state index < -0.39 is 0 Å². The van der Waals surface area contributed by atoms with Gasteiger partial charge in [0.1, 0.15) is 5.82 Å². The van der Waals surface area contributed by atoms with E-state index in [2.05, 4.69) is 34.3 Å². The molecule has 0 aromatic carbocycles. The summed E-state index contributed by atoms with van der Waals surface area (Å²) in [4.78, 5) is 6.92. The molecule has 80 valence electrons. The van der Waals surface area contributed by atoms with E-state index in [9.17, 15) is 0 Å². The van der Waals surface area contributed by atoms with E-state index in [-0.39, 0.29) is 0 Å². The fourth-order valence-electron chi connectivity index (χ4n) is 2.69. The third-order valence-corrected chi connectivity index (χ3v) is 3.61. The fraction of sp³-hybridized carbons (Fsp3) is 0.583. The largest absolute Gasteiger partial charge is 0.356 e. The van der Waals surface area contributed by atoms with Crippen LogP contribution in [0.5, 0.6) is 0 Å². The van der Waals surface area contributed by atoms with Gasteiger partial charge < -0.3 is 10.2 Å². The Hall–Kier alpha value is -1.09. The van der Waals surface area contributed by atoms with Gasteiger partial charge >= 0.3 is 0 Å². The van der Waals surface area contributed by atoms with E-state index >= 15 is 0 Å². The van der Waals surface area contributed by atoms with Crippen LogP contribution in [0.3, 0.4) is 0 Å². The van der Waals surface area contributed by atoms with Crippen molar-refractivity contribution in [2.75, 3.05) is 31.1 Å². The standard InChI is InChI=1S/C12H17N3/c1-9-2-3-12(14-4-9)15-7-10-5-13-6-11(10)8-15/h2-4,10-11,13H,5-8H2,1H3/t10-,11+. The molecule has 1 aromatic heterocycles. The van der Waals surface area contributed by atoms with Crippen molar-refractivity contribution in [2.45, 2.75) is 6.92 Å². The molecule has 0 radical (unpaired) electrons. The molecule has 0 aliphatic carbocycles. The maximum atomic E-state index is 4.49. The smallest absolute Gasteiger partial charge is 0.128 e. The lowest BCUT2D eigenvalue weighted by Gasteiger charge is -2.18. The number of hydrogen-bond acceptors (Lipinski definition) is 3. The van der Waals surface area contributed by atoms with Gasteiger partial charge in [0.2, 0.25) is 0 Å². The second-order valence-electron chi connectivity index (χ2n) is 4.78. The van der Waals surface area contributed by atoms with Crippen LogP contribution in [0.4, 0.5) is 5.82 Å². The van der Waals surface area contributed by atoms with Crippen molar-refractivity contribution in [1.82, 2.24) is 10.3 Å². The lowest BCUT2D eigenvalue weighted by Crippen LogP contribution is -2.26. The van der Waals surface area contributed by atoms with Gasteiger partial charge in [-0.25, -0.2) is 4.98 Å². The predicted molar refractivity (Wildman–Crippen MR) is 61.0 cm³/mol. The quantitative estimate of drug-likeness (QED) is 0.739. The summed E-state index contributed by atoms with van der Waals surface area (Å²) in [5.41, 5.74) is 1.24. The maximum absolute atomic E-state index is 4.49. The first-order valence-corrected chi connectivity index (χ1v) is 5.71. The molecule has 0 saturated carbocycles. The lowest BCUT2D eigenvalue weighted by molar-refractivity contribution is 0.533. The number of aromatic nitrogens is 1. The van der Waals surface area contributed by atoms with Crippen LogP contribution in [0.15, 0.2) is 18.3 Å². The molecule has 1 aromatic rings. The summed E-state index contributed by atoms with van der Waals surface area (Å²) in [7, 11) is 0. The number of fused-ring (bicyclic) bond motifs is 1. The number of aryl methyl sites for hydroxylation is 1. The maximum Gasteiger partial charge on any atom is 0.128 e. The Morgan fingerprint density at radius 1 is 1.27 bits per heavy atom. The Bertz CT molecular complexity index is 334. The van der Waals surface area contributed by atoms with Gasteiger partial charge in [-0.2, -0.15) is 0 Å². The van der Waals surface area contributed by atoms with Crippen molar-refractivity contribution in [3.63, 3.8) is 0 Å². The first kappa shape index (κ1) is 9.16. The van der Waals surface area contributed by atoms with Crippen LogP contribution in [-0.4, -0.2) is 31.2 Å². The van der Waals surface area contributed by atoms with Crippen molar-refractivity contribution in [1.29, 1.82) is 0 Å². The van der Waals surface area contributed by atoms with Crippen molar-refractivity contribution in [3.05, 3.63) is 23.9 Å². The van der Waals surface area contributed by atoms with Crippen molar-refractivity contribution >= 4 is 5.82 Å². The van der Waals surface area contributed by atoms with Crippen LogP contribution in [-0.2, 0) is 0 Å². The molecule has 2 fully saturated rings. The zero-order valence-electron chi connectivity index (χ0n) is 9.11. The summed E-state index contributed by atoms with van der Waals surface area (Å²) >= 11 is 0. The molecule has 3 rings (SSSR count). The van der Waals surface area contributed by atoms with Gasteiger partial charge in [-0.1, -0.05) is 6.07 Å². The van der Waals surface area contributed by atoms with E-state index in [4.69, 9.17) is 0 Å². The second-order valence-corrected chi connectivity index (χ2v) is 4.78. The van der Waals surface area contributed by atoms with E-state index in [1.807, 2.05) is 6.20 Å². The number of hydrogen-bond donors (Lipinski definition) is 1. The van der Waals surface area contributed by atoms with Crippen LogP contribution >= 0.6 is 0 Å². The molecule has 2 saturated heterocycles. The van der Waals surface area contributed by atoms with Gasteiger partial charge in [0.25, 0.3) is 0 Å². The Morgan fingerprint density at radius 2 is 2.00 bits per heavy atom. The van der Waals surface area contributed by atoms with E-state index in [0.29, 0.717) is 0 Å². The molecule has 1 N–H and O–H groups in total. The summed E-state index contributed by atoms with van der Waals surface area (Å²) < 4.78 is 0. The molecule has 3 heteroatoms. The highest BCUT2D eigenvalue weighted by Gasteiger charge is 2.36. The van der Waals surface area contributed by atoms with E-state index in [1.54, 1.807) is 0 Å². The average Bonchev–Trinajstić information content (AvgIpc) is 2.78. The fourth-order valence-corrected chi connectivity index (χ4v) is 2.69. The minimum atomic E-state index is 0.841. The summed E-state index contributed by atoms with van der Waals surface area (Å²) in [6, 6.07) is 4.29. The van der Waals surface area contributed by atoms with Crippen molar-refractivity contribution in [3.8, 4) is 0 Å². The predicted octanol–water partition coefficient (Wildman–Crippen LogP) is 1.05. The van der Waals surface area contributed by atoms with E-state index in [1.165, 1.54) is 31.7 Å². The zero-order chi connectivity index (χ0) is 10.3. The Balaban J connectivity index is 1.76. The van der Waals surface area contributed by atoms with Crippen LogP contribution in [0.25, 0.3) is 0 Å². The van der Waals surface area contributed by atoms with Gasteiger partial charge in [-0.05, 0) is 30.4 Å². The SMILES string of the molecule is Cc1ccc(N2C[C@H]3CNC[C@H]3C2)nc1. The summed E-state index contributed by atoms with van der Waals surface area (Å²) in [5, 5.41) is 3.46. The Kier molecular flexibility index (Phi) is 2.13. The zero-order valence-corrected chi connectivity index (χ0v) is 9.11. The van der Waals surface area contributed by atoms with Crippen molar-refractivity contribution < 1.29 is 0 Å². The molecule has 0 unspecified atom stereocenters. The summed E-state index contributed by atoms with van der Waals surface area (Å²) in [5.74, 6) is 2.83. The molecule has 0 amide bonds. The lowest BCUT2D eigenvalue weighted by atomic mass is 10.0. The number of anilines is 1. The molecule has 15 heavy (non-hydrogen) atoms. The highest BCUT2D eigenvalue weighted by molar-refractivity contribution is 5.41. The minimum Gasteiger partial charge on any atom is -0.356 e. The van der Waals surface area contributed by atoms with Crippen LogP contribution < -0.4 is 10.2 Å². The molecule has 3 nitrogen and oxygen atoms in total. The summed E-state index contributed by atoms with van der Waals surface area (Å²) in [6.07, 6.45) is 1.96. The summed E-state index contributed by atoms with van der Waals surface area (Å²) in [6.45, 7) is 6.81. The van der Waals surface area contributed by atoms with Gasteiger partial charge in [-0.3, -0.25) is 0 Å². The molecule has 2 aliphatic rings. The molecule has 0 spiro atoms. The van der Waals surface area contributed by atoms with Gasteiger partial charge in [0.05, 0.1) is 0 Å². The number of nitrogens with one attached hydrogen (secondary N) is 1. The van der Waals surface area contributed by atoms with Gasteiger partial charge in [0.15, 0.2) is 0 Å². The van der Waals surface area contributed by atoms with Crippen LogP contribution in [0.2, 0.25) is 0 Å². The molecular weight excluding hydrogens is 186 g/mol. The molecule has 0 bridgehead atoms. The van der Waals surface area contributed by atoms with E-state index in [0.717, 1.165) is 17.7 Å². The van der Waals surface area contributed by atoms with Gasteiger partial charge in [-0.15, -0.1) is 0 Å². The normalized spacial score (nSPS) is 29.5. The minimum absolute atomic E-state index is 0.841. The first-order valence-electron chi connectivity index (χ1n) is 5.71. The third-order valence-electron chi connectivity index (χ3n) is 3.61. The number of rotatable bonds is 1.